The molecule has 2 amide bonds. The Labute approximate surface area is 140 Å². The van der Waals surface area contributed by atoms with Crippen molar-refractivity contribution in [3.05, 3.63) is 35.5 Å². The van der Waals surface area contributed by atoms with Gasteiger partial charge in [-0.2, -0.15) is 0 Å². The summed E-state index contributed by atoms with van der Waals surface area (Å²) in [7, 11) is 0. The predicted octanol–water partition coefficient (Wildman–Crippen LogP) is 2.73. The number of benzene rings is 1. The molecule has 0 aliphatic carbocycles. The molecule has 0 radical (unpaired) electrons. The fourth-order valence-corrected chi connectivity index (χ4v) is 3.27. The van der Waals surface area contributed by atoms with Crippen LogP contribution >= 0.6 is 0 Å². The summed E-state index contributed by atoms with van der Waals surface area (Å²) in [6.45, 7) is 4.83. The molecule has 2 heterocycles. The van der Waals surface area contributed by atoms with Gasteiger partial charge < -0.3 is 20.3 Å². The zero-order valence-corrected chi connectivity index (χ0v) is 14.0. The van der Waals surface area contributed by atoms with Crippen molar-refractivity contribution in [2.75, 3.05) is 6.54 Å². The third-order valence-corrected chi connectivity index (χ3v) is 4.93. The number of para-hydroxylation sites is 1. The van der Waals surface area contributed by atoms with Gasteiger partial charge in [0, 0.05) is 23.1 Å². The van der Waals surface area contributed by atoms with Crippen LogP contribution in [0.15, 0.2) is 24.3 Å². The quantitative estimate of drug-likeness (QED) is 0.806. The fourth-order valence-electron chi connectivity index (χ4n) is 3.27. The zero-order valence-electron chi connectivity index (χ0n) is 14.0. The number of carbonyl (C=O) groups excluding carboxylic acids is 1. The first-order chi connectivity index (χ1) is 11.5. The van der Waals surface area contributed by atoms with Crippen LogP contribution in [0.3, 0.4) is 0 Å². The Morgan fingerprint density at radius 2 is 2.12 bits per heavy atom. The van der Waals surface area contributed by atoms with Crippen LogP contribution in [0.25, 0.3) is 10.9 Å². The molecule has 3 N–H and O–H groups in total. The van der Waals surface area contributed by atoms with E-state index in [0.29, 0.717) is 19.5 Å². The number of amides is 2. The number of H-pyrrole nitrogens is 1. The fraction of sp³-hybridized carbons (Fsp3) is 0.444. The SMILES string of the molecule is CCC(C)C(NC(=O)N1CCc2c([nH]c3ccccc23)C1)C(=O)O. The number of hydrogen-bond acceptors (Lipinski definition) is 2. The Balaban J connectivity index is 1.75. The van der Waals surface area contributed by atoms with E-state index in [2.05, 4.69) is 16.4 Å². The van der Waals surface area contributed by atoms with E-state index in [1.165, 1.54) is 10.9 Å². The highest BCUT2D eigenvalue weighted by Gasteiger charge is 2.29. The smallest absolute Gasteiger partial charge is 0.326 e. The number of nitrogens with zero attached hydrogens (tertiary/aromatic N) is 1. The summed E-state index contributed by atoms with van der Waals surface area (Å²) >= 11 is 0. The van der Waals surface area contributed by atoms with Crippen molar-refractivity contribution in [2.24, 2.45) is 5.92 Å². The molecule has 0 saturated carbocycles. The van der Waals surface area contributed by atoms with Crippen LogP contribution in [0.4, 0.5) is 4.79 Å². The van der Waals surface area contributed by atoms with Gasteiger partial charge in [-0.1, -0.05) is 38.5 Å². The first-order valence-electron chi connectivity index (χ1n) is 8.38. The van der Waals surface area contributed by atoms with Gasteiger partial charge in [-0.25, -0.2) is 9.59 Å². The summed E-state index contributed by atoms with van der Waals surface area (Å²) in [5, 5.41) is 13.2. The molecule has 1 aliphatic rings. The molecule has 1 aliphatic heterocycles. The minimum absolute atomic E-state index is 0.111. The number of fused-ring (bicyclic) bond motifs is 3. The van der Waals surface area contributed by atoms with Crippen molar-refractivity contribution >= 4 is 22.9 Å². The Hall–Kier alpha value is -2.50. The number of nitrogens with one attached hydrogen (secondary N) is 2. The van der Waals surface area contributed by atoms with Crippen molar-refractivity contribution in [1.29, 1.82) is 0 Å². The van der Waals surface area contributed by atoms with E-state index < -0.39 is 12.0 Å². The summed E-state index contributed by atoms with van der Waals surface area (Å²) in [6.07, 6.45) is 1.47. The van der Waals surface area contributed by atoms with Gasteiger partial charge >= 0.3 is 12.0 Å². The third-order valence-electron chi connectivity index (χ3n) is 4.93. The highest BCUT2D eigenvalue weighted by Crippen LogP contribution is 2.27. The summed E-state index contributed by atoms with van der Waals surface area (Å²) in [4.78, 5) is 28.9. The summed E-state index contributed by atoms with van der Waals surface area (Å²) in [5.41, 5.74) is 3.37. The van der Waals surface area contributed by atoms with E-state index >= 15 is 0 Å². The monoisotopic (exact) mass is 329 g/mol. The standard InChI is InChI=1S/C18H23N3O3/c1-3-11(2)16(17(22)23)20-18(24)21-9-8-13-12-6-4-5-7-14(12)19-15(13)10-21/h4-7,11,16,19H,3,8-10H2,1-2H3,(H,20,24)(H,22,23). The van der Waals surface area contributed by atoms with Crippen LogP contribution in [0, 0.1) is 5.92 Å². The summed E-state index contributed by atoms with van der Waals surface area (Å²) < 4.78 is 0. The molecule has 0 fully saturated rings. The Bertz CT molecular complexity index is 768. The van der Waals surface area contributed by atoms with Crippen LogP contribution in [0.2, 0.25) is 0 Å². The highest BCUT2D eigenvalue weighted by atomic mass is 16.4. The van der Waals surface area contributed by atoms with Gasteiger partial charge in [0.1, 0.15) is 6.04 Å². The number of aromatic amines is 1. The number of aliphatic carboxylic acids is 1. The molecule has 2 aromatic rings. The zero-order chi connectivity index (χ0) is 17.3. The van der Waals surface area contributed by atoms with E-state index in [4.69, 9.17) is 0 Å². The topological polar surface area (TPSA) is 85.4 Å². The van der Waals surface area contributed by atoms with Gasteiger partial charge in [0.05, 0.1) is 6.54 Å². The molecule has 3 rings (SSSR count). The lowest BCUT2D eigenvalue weighted by Crippen LogP contribution is -2.51. The average molecular weight is 329 g/mol. The van der Waals surface area contributed by atoms with E-state index in [1.807, 2.05) is 32.0 Å². The van der Waals surface area contributed by atoms with Crippen LogP contribution < -0.4 is 5.32 Å². The Morgan fingerprint density at radius 1 is 1.38 bits per heavy atom. The lowest BCUT2D eigenvalue weighted by molar-refractivity contribution is -0.140. The average Bonchev–Trinajstić information content (AvgIpc) is 2.96. The first-order valence-corrected chi connectivity index (χ1v) is 8.38. The predicted molar refractivity (Wildman–Crippen MR) is 91.8 cm³/mol. The van der Waals surface area contributed by atoms with Crippen molar-refractivity contribution in [3.63, 3.8) is 0 Å². The second-order valence-electron chi connectivity index (χ2n) is 6.45. The molecule has 1 aromatic heterocycles. The van der Waals surface area contributed by atoms with Gasteiger partial charge in [-0.3, -0.25) is 0 Å². The lowest BCUT2D eigenvalue weighted by Gasteiger charge is -2.30. The van der Waals surface area contributed by atoms with Crippen molar-refractivity contribution in [1.82, 2.24) is 15.2 Å². The summed E-state index contributed by atoms with van der Waals surface area (Å²) in [5.74, 6) is -1.10. The minimum atomic E-state index is -0.985. The molecule has 0 saturated heterocycles. The van der Waals surface area contributed by atoms with Crippen molar-refractivity contribution in [2.45, 2.75) is 39.3 Å². The van der Waals surface area contributed by atoms with Crippen LogP contribution in [-0.4, -0.2) is 39.6 Å². The number of carboxylic acid groups (broad SMARTS) is 1. The molecule has 6 nitrogen and oxygen atoms in total. The molecular formula is C18H23N3O3. The molecule has 6 heteroatoms. The van der Waals surface area contributed by atoms with E-state index in [1.54, 1.807) is 4.90 Å². The van der Waals surface area contributed by atoms with Gasteiger partial charge in [0.15, 0.2) is 0 Å². The van der Waals surface area contributed by atoms with E-state index in [-0.39, 0.29) is 11.9 Å². The minimum Gasteiger partial charge on any atom is -0.480 e. The number of rotatable bonds is 4. The molecule has 0 spiro atoms. The molecule has 24 heavy (non-hydrogen) atoms. The van der Waals surface area contributed by atoms with E-state index in [9.17, 15) is 14.7 Å². The van der Waals surface area contributed by atoms with Gasteiger partial charge in [-0.15, -0.1) is 0 Å². The van der Waals surface area contributed by atoms with Gasteiger partial charge in [-0.05, 0) is 24.0 Å². The largest absolute Gasteiger partial charge is 0.480 e. The maximum absolute atomic E-state index is 12.5. The maximum Gasteiger partial charge on any atom is 0.326 e. The molecule has 0 bridgehead atoms. The van der Waals surface area contributed by atoms with Crippen LogP contribution in [-0.2, 0) is 17.8 Å². The lowest BCUT2D eigenvalue weighted by atomic mass is 9.99. The van der Waals surface area contributed by atoms with Crippen molar-refractivity contribution < 1.29 is 14.7 Å². The Morgan fingerprint density at radius 3 is 2.83 bits per heavy atom. The Kier molecular flexibility index (Phi) is 4.46. The molecular weight excluding hydrogens is 306 g/mol. The normalized spacial score (nSPS) is 16.5. The second-order valence-corrected chi connectivity index (χ2v) is 6.45. The summed E-state index contributed by atoms with van der Waals surface area (Å²) in [6, 6.07) is 6.95. The molecule has 2 unspecified atom stereocenters. The number of carboxylic acids is 1. The van der Waals surface area contributed by atoms with Gasteiger partial charge in [0.2, 0.25) is 0 Å². The first kappa shape index (κ1) is 16.4. The van der Waals surface area contributed by atoms with Crippen LogP contribution in [0.5, 0.6) is 0 Å². The van der Waals surface area contributed by atoms with E-state index in [0.717, 1.165) is 17.6 Å². The number of aromatic nitrogens is 1. The molecule has 2 atom stereocenters. The third kappa shape index (κ3) is 2.96. The maximum atomic E-state index is 12.5. The number of carbonyl (C=O) groups is 2. The number of hydrogen-bond donors (Lipinski definition) is 3. The molecule has 1 aromatic carbocycles. The highest BCUT2D eigenvalue weighted by molar-refractivity contribution is 5.86. The number of urea groups is 1. The second kappa shape index (κ2) is 6.55. The van der Waals surface area contributed by atoms with Gasteiger partial charge in [0.25, 0.3) is 0 Å². The van der Waals surface area contributed by atoms with Crippen molar-refractivity contribution in [3.8, 4) is 0 Å². The molecule has 128 valence electrons. The van der Waals surface area contributed by atoms with Crippen LogP contribution in [0.1, 0.15) is 31.5 Å².